The molecule has 0 saturated heterocycles. The molecule has 1 unspecified atom stereocenters. The summed E-state index contributed by atoms with van der Waals surface area (Å²) in [6.45, 7) is 0. The van der Waals surface area contributed by atoms with Crippen LogP contribution >= 0.6 is 0 Å². The number of nitrogens with two attached hydrogens (primary N) is 1. The Morgan fingerprint density at radius 1 is 1.50 bits per heavy atom. The SMILES string of the molecule is COC(=O)CCCC(N)c1ccc2c(c1)CC(=O)N2C. The Kier molecular flexibility index (Phi) is 4.39. The molecule has 2 N–H and O–H groups in total. The van der Waals surface area contributed by atoms with E-state index in [0.717, 1.165) is 23.2 Å². The molecular weight excluding hydrogens is 256 g/mol. The van der Waals surface area contributed by atoms with E-state index in [1.165, 1.54) is 7.11 Å². The van der Waals surface area contributed by atoms with E-state index in [1.54, 1.807) is 11.9 Å². The van der Waals surface area contributed by atoms with Crippen LogP contribution in [-0.2, 0) is 20.7 Å². The number of fused-ring (bicyclic) bond motifs is 1. The van der Waals surface area contributed by atoms with Gasteiger partial charge in [-0.3, -0.25) is 9.59 Å². The summed E-state index contributed by atoms with van der Waals surface area (Å²) in [6, 6.07) is 5.78. The molecule has 0 radical (unpaired) electrons. The Morgan fingerprint density at radius 3 is 2.95 bits per heavy atom. The molecular formula is C15H20N2O3. The van der Waals surface area contributed by atoms with Crippen LogP contribution < -0.4 is 10.6 Å². The number of carbonyl (C=O) groups is 2. The predicted octanol–water partition coefficient (Wildman–Crippen LogP) is 1.55. The molecule has 0 bridgehead atoms. The average Bonchev–Trinajstić information content (AvgIpc) is 2.73. The van der Waals surface area contributed by atoms with Crippen LogP contribution in [0.4, 0.5) is 5.69 Å². The molecule has 1 aromatic carbocycles. The maximum absolute atomic E-state index is 11.6. The van der Waals surface area contributed by atoms with Crippen molar-refractivity contribution in [1.29, 1.82) is 0 Å². The van der Waals surface area contributed by atoms with Gasteiger partial charge < -0.3 is 15.4 Å². The standard InChI is InChI=1S/C15H20N2O3/c1-17-13-7-6-10(8-11(13)9-14(17)18)12(16)4-3-5-15(19)20-2/h6-8,12H,3-5,9,16H2,1-2H3. The minimum atomic E-state index is -0.210. The Morgan fingerprint density at radius 2 is 2.25 bits per heavy atom. The molecule has 0 aromatic heterocycles. The average molecular weight is 276 g/mol. The zero-order chi connectivity index (χ0) is 14.7. The summed E-state index contributed by atoms with van der Waals surface area (Å²) >= 11 is 0. The summed E-state index contributed by atoms with van der Waals surface area (Å²) in [5, 5.41) is 0. The van der Waals surface area contributed by atoms with E-state index in [2.05, 4.69) is 4.74 Å². The van der Waals surface area contributed by atoms with Gasteiger partial charge in [-0.15, -0.1) is 0 Å². The van der Waals surface area contributed by atoms with Gasteiger partial charge in [0.1, 0.15) is 0 Å². The zero-order valence-corrected chi connectivity index (χ0v) is 11.9. The highest BCUT2D eigenvalue weighted by molar-refractivity contribution is 6.00. The Hall–Kier alpha value is -1.88. The highest BCUT2D eigenvalue weighted by Crippen LogP contribution is 2.30. The lowest BCUT2D eigenvalue weighted by molar-refractivity contribution is -0.140. The van der Waals surface area contributed by atoms with E-state index >= 15 is 0 Å². The summed E-state index contributed by atoms with van der Waals surface area (Å²) in [5.41, 5.74) is 9.13. The van der Waals surface area contributed by atoms with Crippen LogP contribution in [0.2, 0.25) is 0 Å². The minimum Gasteiger partial charge on any atom is -0.469 e. The summed E-state index contributed by atoms with van der Waals surface area (Å²) < 4.78 is 4.60. The largest absolute Gasteiger partial charge is 0.469 e. The van der Waals surface area contributed by atoms with E-state index in [4.69, 9.17) is 5.73 Å². The molecule has 5 heteroatoms. The zero-order valence-electron chi connectivity index (χ0n) is 11.9. The van der Waals surface area contributed by atoms with Gasteiger partial charge in [0, 0.05) is 25.2 Å². The fourth-order valence-corrected chi connectivity index (χ4v) is 2.46. The van der Waals surface area contributed by atoms with Crippen molar-refractivity contribution in [2.24, 2.45) is 5.73 Å². The van der Waals surface area contributed by atoms with E-state index in [1.807, 2.05) is 18.2 Å². The topological polar surface area (TPSA) is 72.6 Å². The van der Waals surface area contributed by atoms with Crippen LogP contribution in [-0.4, -0.2) is 26.0 Å². The quantitative estimate of drug-likeness (QED) is 0.828. The number of anilines is 1. The van der Waals surface area contributed by atoms with Crippen LogP contribution in [0.3, 0.4) is 0 Å². The van der Waals surface area contributed by atoms with E-state index in [-0.39, 0.29) is 17.9 Å². The molecule has 1 aliphatic rings. The number of hydrogen-bond donors (Lipinski definition) is 1. The predicted molar refractivity (Wildman–Crippen MR) is 76.4 cm³/mol. The summed E-state index contributed by atoms with van der Waals surface area (Å²) in [7, 11) is 3.17. The van der Waals surface area contributed by atoms with Gasteiger partial charge >= 0.3 is 5.97 Å². The fourth-order valence-electron chi connectivity index (χ4n) is 2.46. The van der Waals surface area contributed by atoms with Crippen LogP contribution in [0.25, 0.3) is 0 Å². The normalized spacial score (nSPS) is 15.2. The Bertz CT molecular complexity index is 528. The van der Waals surface area contributed by atoms with Crippen molar-refractivity contribution in [2.75, 3.05) is 19.1 Å². The fraction of sp³-hybridized carbons (Fsp3) is 0.467. The van der Waals surface area contributed by atoms with Crippen LogP contribution in [0.15, 0.2) is 18.2 Å². The molecule has 0 fully saturated rings. The molecule has 0 saturated carbocycles. The van der Waals surface area contributed by atoms with Crippen LogP contribution in [0.1, 0.15) is 36.4 Å². The second kappa shape index (κ2) is 6.05. The third-order valence-corrected chi connectivity index (χ3v) is 3.73. The van der Waals surface area contributed by atoms with Crippen molar-refractivity contribution in [1.82, 2.24) is 0 Å². The van der Waals surface area contributed by atoms with E-state index in [9.17, 15) is 9.59 Å². The van der Waals surface area contributed by atoms with Gasteiger partial charge in [-0.25, -0.2) is 0 Å². The maximum atomic E-state index is 11.6. The van der Waals surface area contributed by atoms with Crippen LogP contribution in [0, 0.1) is 0 Å². The number of nitrogens with zero attached hydrogens (tertiary/aromatic N) is 1. The van der Waals surface area contributed by atoms with Gasteiger partial charge in [-0.05, 0) is 30.0 Å². The number of rotatable bonds is 5. The number of esters is 1. The third kappa shape index (κ3) is 2.99. The maximum Gasteiger partial charge on any atom is 0.305 e. The van der Waals surface area contributed by atoms with Gasteiger partial charge in [0.25, 0.3) is 0 Å². The lowest BCUT2D eigenvalue weighted by atomic mass is 9.99. The lowest BCUT2D eigenvalue weighted by Crippen LogP contribution is -2.20. The van der Waals surface area contributed by atoms with Gasteiger partial charge in [0.05, 0.1) is 13.5 Å². The first-order valence-corrected chi connectivity index (χ1v) is 6.74. The molecule has 108 valence electrons. The number of likely N-dealkylation sites (N-methyl/N-ethyl adjacent to an activating group) is 1. The number of hydrogen-bond acceptors (Lipinski definition) is 4. The van der Waals surface area contributed by atoms with Gasteiger partial charge in [-0.2, -0.15) is 0 Å². The summed E-state index contributed by atoms with van der Waals surface area (Å²) in [4.78, 5) is 24.4. The van der Waals surface area contributed by atoms with Crippen LogP contribution in [0.5, 0.6) is 0 Å². The van der Waals surface area contributed by atoms with E-state index in [0.29, 0.717) is 19.3 Å². The number of ether oxygens (including phenoxy) is 1. The molecule has 1 atom stereocenters. The smallest absolute Gasteiger partial charge is 0.305 e. The van der Waals surface area contributed by atoms with Gasteiger partial charge in [0.2, 0.25) is 5.91 Å². The number of methoxy groups -OCH3 is 1. The van der Waals surface area contributed by atoms with Crippen molar-refractivity contribution in [2.45, 2.75) is 31.7 Å². The molecule has 0 spiro atoms. The second-order valence-electron chi connectivity index (χ2n) is 5.09. The summed E-state index contributed by atoms with van der Waals surface area (Å²) in [5.74, 6) is -0.102. The van der Waals surface area contributed by atoms with Gasteiger partial charge in [-0.1, -0.05) is 12.1 Å². The van der Waals surface area contributed by atoms with Crippen molar-refractivity contribution in [3.63, 3.8) is 0 Å². The highest BCUT2D eigenvalue weighted by Gasteiger charge is 2.24. The first-order valence-electron chi connectivity index (χ1n) is 6.74. The first-order chi connectivity index (χ1) is 9.52. The number of carbonyl (C=O) groups excluding carboxylic acids is 2. The number of benzene rings is 1. The van der Waals surface area contributed by atoms with Crippen molar-refractivity contribution < 1.29 is 14.3 Å². The van der Waals surface area contributed by atoms with Crippen molar-refractivity contribution >= 4 is 17.6 Å². The van der Waals surface area contributed by atoms with E-state index < -0.39 is 0 Å². The Labute approximate surface area is 118 Å². The van der Waals surface area contributed by atoms with Crippen molar-refractivity contribution in [3.8, 4) is 0 Å². The summed E-state index contributed by atoms with van der Waals surface area (Å²) in [6.07, 6.45) is 2.24. The first kappa shape index (κ1) is 14.5. The Balaban J connectivity index is 1.98. The molecule has 1 heterocycles. The monoisotopic (exact) mass is 276 g/mol. The molecule has 20 heavy (non-hydrogen) atoms. The van der Waals surface area contributed by atoms with Gasteiger partial charge in [0.15, 0.2) is 0 Å². The molecule has 1 aliphatic heterocycles. The molecule has 5 nitrogen and oxygen atoms in total. The lowest BCUT2D eigenvalue weighted by Gasteiger charge is -2.14. The third-order valence-electron chi connectivity index (χ3n) is 3.73. The highest BCUT2D eigenvalue weighted by atomic mass is 16.5. The molecule has 0 aliphatic carbocycles. The minimum absolute atomic E-state index is 0.108. The molecule has 1 aromatic rings. The molecule has 1 amide bonds. The molecule has 2 rings (SSSR count). The number of amides is 1. The second-order valence-corrected chi connectivity index (χ2v) is 5.09. The van der Waals surface area contributed by atoms with Crippen molar-refractivity contribution in [3.05, 3.63) is 29.3 Å².